The number of hydrogen-bond acceptors (Lipinski definition) is 6. The molecule has 8 heteroatoms. The number of piperidine rings is 1. The summed E-state index contributed by atoms with van der Waals surface area (Å²) in [7, 11) is 3.81. The highest BCUT2D eigenvalue weighted by Crippen LogP contribution is 2.39. The summed E-state index contributed by atoms with van der Waals surface area (Å²) in [5.74, 6) is 2.85. The van der Waals surface area contributed by atoms with E-state index in [-0.39, 0.29) is 11.4 Å². The lowest BCUT2D eigenvalue weighted by Crippen LogP contribution is -2.56. The molecular formula is C22H25N5O2S. The van der Waals surface area contributed by atoms with E-state index in [1.165, 1.54) is 0 Å². The average Bonchev–Trinajstić information content (AvgIpc) is 3.44. The number of carbonyl (C=O) groups is 1. The predicted octanol–water partition coefficient (Wildman–Crippen LogP) is 3.09. The molecule has 0 aliphatic carbocycles. The van der Waals surface area contributed by atoms with Crippen molar-refractivity contribution in [2.24, 2.45) is 0 Å². The van der Waals surface area contributed by atoms with Crippen LogP contribution >= 0.6 is 11.3 Å². The van der Waals surface area contributed by atoms with Gasteiger partial charge in [-0.3, -0.25) is 9.69 Å². The van der Waals surface area contributed by atoms with Crippen LogP contribution in [0.5, 0.6) is 5.75 Å². The van der Waals surface area contributed by atoms with Gasteiger partial charge in [0.15, 0.2) is 5.82 Å². The van der Waals surface area contributed by atoms with Gasteiger partial charge in [0.1, 0.15) is 11.6 Å². The number of hydrogen-bond donors (Lipinski definition) is 0. The average molecular weight is 424 g/mol. The van der Waals surface area contributed by atoms with Crippen molar-refractivity contribution in [1.29, 1.82) is 0 Å². The highest BCUT2D eigenvalue weighted by atomic mass is 32.1. The molecule has 0 saturated carbocycles. The normalized spacial score (nSPS) is 18.4. The number of benzene rings is 1. The number of aromatic nitrogens is 3. The number of methoxy groups -OCH3 is 1. The molecule has 2 aliphatic rings. The van der Waals surface area contributed by atoms with E-state index >= 15 is 0 Å². The van der Waals surface area contributed by atoms with Crippen LogP contribution < -0.4 is 4.74 Å². The fourth-order valence-corrected chi connectivity index (χ4v) is 5.42. The number of likely N-dealkylation sites (tertiary alicyclic amines) is 1. The molecule has 156 valence electrons. The second-order valence-corrected chi connectivity index (χ2v) is 8.98. The van der Waals surface area contributed by atoms with Crippen LogP contribution in [0, 0.1) is 0 Å². The van der Waals surface area contributed by atoms with Gasteiger partial charge in [-0.15, -0.1) is 10.2 Å². The van der Waals surface area contributed by atoms with Gasteiger partial charge in [0.05, 0.1) is 24.8 Å². The van der Waals surface area contributed by atoms with Crippen LogP contribution in [-0.4, -0.2) is 64.3 Å². The summed E-state index contributed by atoms with van der Waals surface area (Å²) in [6.45, 7) is 3.19. The quantitative estimate of drug-likeness (QED) is 0.648. The van der Waals surface area contributed by atoms with Gasteiger partial charge in [-0.2, -0.15) is 11.3 Å². The number of ether oxygens (including phenoxy) is 1. The van der Waals surface area contributed by atoms with Crippen LogP contribution in [0.3, 0.4) is 0 Å². The van der Waals surface area contributed by atoms with Crippen LogP contribution in [0.2, 0.25) is 0 Å². The Bertz CT molecular complexity index is 1040. The molecule has 2 aromatic heterocycles. The minimum absolute atomic E-state index is 0.105. The Kier molecular flexibility index (Phi) is 4.83. The first-order chi connectivity index (χ1) is 14.6. The smallest absolute Gasteiger partial charge is 0.254 e. The topological polar surface area (TPSA) is 63.5 Å². The first-order valence-corrected chi connectivity index (χ1v) is 11.1. The van der Waals surface area contributed by atoms with E-state index in [1.807, 2.05) is 46.0 Å². The van der Waals surface area contributed by atoms with Crippen LogP contribution in [0.25, 0.3) is 11.4 Å². The molecule has 1 spiro atoms. The minimum Gasteiger partial charge on any atom is -0.497 e. The van der Waals surface area contributed by atoms with Gasteiger partial charge in [-0.25, -0.2) is 0 Å². The van der Waals surface area contributed by atoms with Gasteiger partial charge in [0, 0.05) is 30.6 Å². The van der Waals surface area contributed by atoms with E-state index in [0.717, 1.165) is 67.5 Å². The lowest BCUT2D eigenvalue weighted by molar-refractivity contribution is 0.0410. The minimum atomic E-state index is -0.105. The summed E-state index contributed by atoms with van der Waals surface area (Å²) in [5, 5.41) is 13.0. The Morgan fingerprint density at radius 2 is 1.90 bits per heavy atom. The zero-order chi connectivity index (χ0) is 20.7. The van der Waals surface area contributed by atoms with Crippen LogP contribution in [-0.2, 0) is 12.1 Å². The van der Waals surface area contributed by atoms with Crippen molar-refractivity contribution in [3.8, 4) is 17.1 Å². The molecule has 30 heavy (non-hydrogen) atoms. The molecule has 2 aliphatic heterocycles. The highest BCUT2D eigenvalue weighted by molar-refractivity contribution is 7.08. The Morgan fingerprint density at radius 1 is 1.13 bits per heavy atom. The Morgan fingerprint density at radius 3 is 2.57 bits per heavy atom. The second-order valence-electron chi connectivity index (χ2n) is 8.20. The van der Waals surface area contributed by atoms with E-state index in [1.54, 1.807) is 18.4 Å². The van der Waals surface area contributed by atoms with E-state index in [9.17, 15) is 4.79 Å². The zero-order valence-corrected chi connectivity index (χ0v) is 18.1. The van der Waals surface area contributed by atoms with Crippen molar-refractivity contribution < 1.29 is 9.53 Å². The maximum atomic E-state index is 12.8. The molecule has 1 saturated heterocycles. The number of fused-ring (bicyclic) bond motifs is 2. The third-order valence-corrected chi connectivity index (χ3v) is 6.96. The monoisotopic (exact) mass is 423 g/mol. The van der Waals surface area contributed by atoms with Gasteiger partial charge < -0.3 is 14.2 Å². The van der Waals surface area contributed by atoms with Crippen LogP contribution in [0.4, 0.5) is 0 Å². The molecule has 0 unspecified atom stereocenters. The van der Waals surface area contributed by atoms with Crippen molar-refractivity contribution in [1.82, 2.24) is 24.6 Å². The number of thiophene rings is 1. The molecule has 3 aromatic rings. The number of likely N-dealkylation sites (N-methyl/N-ethyl adjacent to an activating group) is 1. The number of amides is 1. The molecular weight excluding hydrogens is 398 g/mol. The van der Waals surface area contributed by atoms with Crippen LogP contribution in [0.1, 0.15) is 29.0 Å². The molecule has 1 amide bonds. The molecule has 1 fully saturated rings. The number of carbonyl (C=O) groups excluding carboxylic acids is 1. The third-order valence-electron chi connectivity index (χ3n) is 6.28. The summed E-state index contributed by atoms with van der Waals surface area (Å²) in [4.78, 5) is 17.1. The number of rotatable bonds is 3. The van der Waals surface area contributed by atoms with E-state index in [4.69, 9.17) is 4.74 Å². The molecule has 4 heterocycles. The molecule has 5 rings (SSSR count). The highest BCUT2D eigenvalue weighted by Gasteiger charge is 2.44. The third kappa shape index (κ3) is 3.20. The summed E-state index contributed by atoms with van der Waals surface area (Å²) in [5.41, 5.74) is 1.72. The first-order valence-electron chi connectivity index (χ1n) is 10.2. The Balaban J connectivity index is 1.46. The van der Waals surface area contributed by atoms with Gasteiger partial charge in [-0.05, 0) is 55.6 Å². The molecule has 0 bridgehead atoms. The summed E-state index contributed by atoms with van der Waals surface area (Å²) in [6, 6.07) is 9.90. The second kappa shape index (κ2) is 7.52. The molecule has 7 nitrogen and oxygen atoms in total. The van der Waals surface area contributed by atoms with Crippen molar-refractivity contribution in [2.75, 3.05) is 33.8 Å². The maximum Gasteiger partial charge on any atom is 0.254 e. The lowest BCUT2D eigenvalue weighted by atomic mass is 9.84. The fourth-order valence-electron chi connectivity index (χ4n) is 4.79. The summed E-state index contributed by atoms with van der Waals surface area (Å²) < 4.78 is 7.65. The van der Waals surface area contributed by atoms with Gasteiger partial charge in [-0.1, -0.05) is 0 Å². The van der Waals surface area contributed by atoms with Crippen molar-refractivity contribution >= 4 is 17.2 Å². The lowest BCUT2D eigenvalue weighted by Gasteiger charge is -2.48. The molecule has 0 atom stereocenters. The number of nitrogens with zero attached hydrogens (tertiary/aromatic N) is 5. The maximum absolute atomic E-state index is 12.8. The Labute approximate surface area is 179 Å². The summed E-state index contributed by atoms with van der Waals surface area (Å²) in [6.07, 6.45) is 1.78. The molecule has 0 N–H and O–H groups in total. The SMILES string of the molecule is COc1ccc(-c2nnc3n2C2(CCN(C(=O)c4ccsc4)CC2)CN(C)C3)cc1. The fraction of sp³-hybridized carbons (Fsp3) is 0.409. The van der Waals surface area contributed by atoms with Gasteiger partial charge >= 0.3 is 0 Å². The molecule has 0 radical (unpaired) electrons. The largest absolute Gasteiger partial charge is 0.497 e. The van der Waals surface area contributed by atoms with Crippen molar-refractivity contribution in [3.05, 3.63) is 52.5 Å². The van der Waals surface area contributed by atoms with Crippen molar-refractivity contribution in [3.63, 3.8) is 0 Å². The van der Waals surface area contributed by atoms with Crippen molar-refractivity contribution in [2.45, 2.75) is 24.9 Å². The van der Waals surface area contributed by atoms with E-state index in [2.05, 4.69) is 26.7 Å². The first kappa shape index (κ1) is 19.3. The molecule has 1 aromatic carbocycles. The van der Waals surface area contributed by atoms with Gasteiger partial charge in [0.2, 0.25) is 0 Å². The van der Waals surface area contributed by atoms with E-state index in [0.29, 0.717) is 0 Å². The van der Waals surface area contributed by atoms with Crippen LogP contribution in [0.15, 0.2) is 41.1 Å². The standard InChI is InChI=1S/C22H25N5O2S/c1-25-13-19-23-24-20(16-3-5-18(29-2)6-4-16)27(19)22(15-25)8-10-26(11-9-22)21(28)17-7-12-30-14-17/h3-7,12,14H,8-11,13,15H2,1-2H3. The van der Waals surface area contributed by atoms with Gasteiger partial charge in [0.25, 0.3) is 5.91 Å². The zero-order valence-electron chi connectivity index (χ0n) is 17.2. The Hall–Kier alpha value is -2.71. The predicted molar refractivity (Wildman–Crippen MR) is 116 cm³/mol. The summed E-state index contributed by atoms with van der Waals surface area (Å²) >= 11 is 1.56. The van der Waals surface area contributed by atoms with E-state index < -0.39 is 0 Å².